The number of hydroxylamine groups is 2. The van der Waals surface area contributed by atoms with Crippen LogP contribution in [0.3, 0.4) is 0 Å². The lowest BCUT2D eigenvalue weighted by molar-refractivity contribution is -0.215. The van der Waals surface area contributed by atoms with E-state index in [1.54, 1.807) is 7.11 Å². The fraction of sp³-hybridized carbons (Fsp3) is 0.700. The molecule has 3 nitrogen and oxygen atoms in total. The van der Waals surface area contributed by atoms with E-state index in [4.69, 9.17) is 9.57 Å². The Morgan fingerprint density at radius 1 is 1.22 bits per heavy atom. The molecule has 1 saturated carbocycles. The number of nitrogens with zero attached hydrogens (tertiary/aromatic N) is 1. The van der Waals surface area contributed by atoms with Crippen molar-refractivity contribution >= 4 is 0 Å². The zero-order chi connectivity index (χ0) is 16.8. The second kappa shape index (κ2) is 6.10. The van der Waals surface area contributed by atoms with E-state index in [0.29, 0.717) is 29.8 Å². The number of hydrogen-bond acceptors (Lipinski definition) is 3. The van der Waals surface area contributed by atoms with Crippen molar-refractivity contribution in [3.63, 3.8) is 0 Å². The van der Waals surface area contributed by atoms with Crippen LogP contribution in [-0.4, -0.2) is 29.9 Å². The summed E-state index contributed by atoms with van der Waals surface area (Å²) in [5, 5.41) is 2.27. The van der Waals surface area contributed by atoms with Crippen molar-refractivity contribution in [1.29, 1.82) is 0 Å². The highest BCUT2D eigenvalue weighted by Gasteiger charge is 2.54. The Labute approximate surface area is 140 Å². The molecule has 1 saturated heterocycles. The Balaban J connectivity index is 1.91. The van der Waals surface area contributed by atoms with Crippen molar-refractivity contribution in [3.05, 3.63) is 29.8 Å². The van der Waals surface area contributed by atoms with E-state index in [-0.39, 0.29) is 5.60 Å². The lowest BCUT2D eigenvalue weighted by atomic mass is 9.66. The first-order valence-corrected chi connectivity index (χ1v) is 8.95. The van der Waals surface area contributed by atoms with E-state index in [9.17, 15) is 0 Å². The molecule has 128 valence electrons. The highest BCUT2D eigenvalue weighted by molar-refractivity contribution is 5.37. The van der Waals surface area contributed by atoms with Gasteiger partial charge in [-0.05, 0) is 64.0 Å². The molecule has 1 aliphatic carbocycles. The zero-order valence-electron chi connectivity index (χ0n) is 15.4. The Hall–Kier alpha value is -1.06. The van der Waals surface area contributed by atoms with Gasteiger partial charge in [-0.2, -0.15) is 5.06 Å². The van der Waals surface area contributed by atoms with Gasteiger partial charge in [0.1, 0.15) is 5.75 Å². The van der Waals surface area contributed by atoms with Gasteiger partial charge in [0.2, 0.25) is 0 Å². The van der Waals surface area contributed by atoms with Gasteiger partial charge in [-0.25, -0.2) is 0 Å². The molecule has 0 N–H and O–H groups in total. The number of rotatable bonds is 3. The minimum Gasteiger partial charge on any atom is -0.496 e. The third-order valence-corrected chi connectivity index (χ3v) is 5.81. The van der Waals surface area contributed by atoms with E-state index >= 15 is 0 Å². The van der Waals surface area contributed by atoms with Gasteiger partial charge in [-0.15, -0.1) is 0 Å². The highest BCUT2D eigenvalue weighted by atomic mass is 16.7. The molecule has 1 aromatic carbocycles. The third-order valence-electron chi connectivity index (χ3n) is 5.81. The normalized spacial score (nSPS) is 33.7. The number of para-hydroxylation sites is 1. The molecular formula is C20H31NO2. The van der Waals surface area contributed by atoms with Gasteiger partial charge in [0.15, 0.2) is 0 Å². The predicted octanol–water partition coefficient (Wildman–Crippen LogP) is 4.63. The zero-order valence-corrected chi connectivity index (χ0v) is 15.4. The average molecular weight is 317 g/mol. The van der Waals surface area contributed by atoms with Crippen molar-refractivity contribution in [3.8, 4) is 5.75 Å². The minimum atomic E-state index is -0.0934. The summed E-state index contributed by atoms with van der Waals surface area (Å²) in [5.41, 5.74) is 1.27. The summed E-state index contributed by atoms with van der Waals surface area (Å²) in [5.74, 6) is 2.76. The van der Waals surface area contributed by atoms with Crippen LogP contribution in [-0.2, 0) is 4.84 Å². The summed E-state index contributed by atoms with van der Waals surface area (Å²) in [4.78, 5) is 6.37. The van der Waals surface area contributed by atoms with Crippen LogP contribution in [0.25, 0.3) is 0 Å². The standard InChI is InChI=1S/C20H31NO2/c1-13(2)21-19-14(3)11-15(12-17(19)20(4,5)23-21)16-9-7-8-10-18(16)22-6/h7-10,13-15,17,19H,11-12H2,1-6H3/t14-,15+,17+,19+/m0/s1. The van der Waals surface area contributed by atoms with Crippen molar-refractivity contribution in [2.45, 2.75) is 71.1 Å². The molecule has 0 bridgehead atoms. The number of hydrogen-bond donors (Lipinski definition) is 0. The second-order valence-electron chi connectivity index (χ2n) is 8.13. The maximum atomic E-state index is 6.37. The van der Waals surface area contributed by atoms with E-state index in [2.05, 4.69) is 63.9 Å². The third kappa shape index (κ3) is 2.89. The Bertz CT molecular complexity index is 554. The summed E-state index contributed by atoms with van der Waals surface area (Å²) in [7, 11) is 1.77. The number of methoxy groups -OCH3 is 1. The molecular weight excluding hydrogens is 286 g/mol. The first kappa shape index (κ1) is 16.8. The molecule has 0 spiro atoms. The molecule has 3 rings (SSSR count). The predicted molar refractivity (Wildman–Crippen MR) is 93.6 cm³/mol. The van der Waals surface area contributed by atoms with Gasteiger partial charge < -0.3 is 4.74 Å². The average Bonchev–Trinajstić information content (AvgIpc) is 2.79. The molecule has 0 amide bonds. The summed E-state index contributed by atoms with van der Waals surface area (Å²) >= 11 is 0. The lowest BCUT2D eigenvalue weighted by Crippen LogP contribution is -2.45. The molecule has 1 aromatic rings. The summed E-state index contributed by atoms with van der Waals surface area (Å²) in [6.07, 6.45) is 2.37. The van der Waals surface area contributed by atoms with Gasteiger partial charge in [-0.3, -0.25) is 4.84 Å². The number of fused-ring (bicyclic) bond motifs is 1. The molecule has 1 heterocycles. The smallest absolute Gasteiger partial charge is 0.122 e. The summed E-state index contributed by atoms with van der Waals surface area (Å²) in [6, 6.07) is 9.46. The molecule has 0 aromatic heterocycles. The second-order valence-corrected chi connectivity index (χ2v) is 8.13. The van der Waals surface area contributed by atoms with Gasteiger partial charge in [0.05, 0.1) is 12.7 Å². The quantitative estimate of drug-likeness (QED) is 0.811. The van der Waals surface area contributed by atoms with Crippen LogP contribution >= 0.6 is 0 Å². The van der Waals surface area contributed by atoms with Crippen LogP contribution in [0, 0.1) is 11.8 Å². The van der Waals surface area contributed by atoms with Crippen LogP contribution in [0.2, 0.25) is 0 Å². The van der Waals surface area contributed by atoms with Crippen LogP contribution in [0.15, 0.2) is 24.3 Å². The van der Waals surface area contributed by atoms with Crippen molar-refractivity contribution < 1.29 is 9.57 Å². The lowest BCUT2D eigenvalue weighted by Gasteiger charge is -2.41. The first-order chi connectivity index (χ1) is 10.8. The highest BCUT2D eigenvalue weighted by Crippen LogP contribution is 2.52. The van der Waals surface area contributed by atoms with Crippen LogP contribution in [0.1, 0.15) is 58.9 Å². The molecule has 4 atom stereocenters. The SMILES string of the molecule is COc1ccccc1[C@H]1C[C@@H]2[C@@H]([C@@H](C)C1)N(C(C)C)OC2(C)C. The van der Waals surface area contributed by atoms with Gasteiger partial charge in [0, 0.05) is 18.0 Å². The molecule has 2 aliphatic rings. The Morgan fingerprint density at radius 3 is 2.57 bits per heavy atom. The molecule has 0 unspecified atom stereocenters. The Kier molecular flexibility index (Phi) is 4.45. The number of ether oxygens (including phenoxy) is 1. The summed E-state index contributed by atoms with van der Waals surface area (Å²) < 4.78 is 5.61. The molecule has 1 aliphatic heterocycles. The van der Waals surface area contributed by atoms with Crippen molar-refractivity contribution in [1.82, 2.24) is 5.06 Å². The van der Waals surface area contributed by atoms with Crippen LogP contribution in [0.5, 0.6) is 5.75 Å². The maximum absolute atomic E-state index is 6.37. The van der Waals surface area contributed by atoms with Crippen LogP contribution < -0.4 is 4.74 Å². The molecule has 23 heavy (non-hydrogen) atoms. The van der Waals surface area contributed by atoms with Gasteiger partial charge >= 0.3 is 0 Å². The maximum Gasteiger partial charge on any atom is 0.122 e. The van der Waals surface area contributed by atoms with E-state index in [1.165, 1.54) is 18.4 Å². The van der Waals surface area contributed by atoms with E-state index in [1.807, 2.05) is 0 Å². The van der Waals surface area contributed by atoms with E-state index < -0.39 is 0 Å². The summed E-state index contributed by atoms with van der Waals surface area (Å²) in [6.45, 7) is 11.4. The van der Waals surface area contributed by atoms with Crippen LogP contribution in [0.4, 0.5) is 0 Å². The monoisotopic (exact) mass is 317 g/mol. The first-order valence-electron chi connectivity index (χ1n) is 8.95. The topological polar surface area (TPSA) is 21.7 Å². The molecule has 0 radical (unpaired) electrons. The fourth-order valence-corrected chi connectivity index (χ4v) is 4.76. The van der Waals surface area contributed by atoms with Crippen molar-refractivity contribution in [2.24, 2.45) is 11.8 Å². The minimum absolute atomic E-state index is 0.0934. The largest absolute Gasteiger partial charge is 0.496 e. The van der Waals surface area contributed by atoms with Gasteiger partial charge in [0.25, 0.3) is 0 Å². The van der Waals surface area contributed by atoms with E-state index in [0.717, 1.165) is 5.75 Å². The van der Waals surface area contributed by atoms with Gasteiger partial charge in [-0.1, -0.05) is 25.1 Å². The Morgan fingerprint density at radius 2 is 1.91 bits per heavy atom. The molecule has 3 heteroatoms. The van der Waals surface area contributed by atoms with Crippen molar-refractivity contribution in [2.75, 3.05) is 7.11 Å². The fourth-order valence-electron chi connectivity index (χ4n) is 4.76. The molecule has 2 fully saturated rings. The number of benzene rings is 1.